The molecule has 0 radical (unpaired) electrons. The lowest BCUT2D eigenvalue weighted by Crippen LogP contribution is -2.38. The van der Waals surface area contributed by atoms with Gasteiger partial charge < -0.3 is 9.88 Å². The average Bonchev–Trinajstić information content (AvgIpc) is 2.78. The van der Waals surface area contributed by atoms with Gasteiger partial charge >= 0.3 is 0 Å². The molecule has 0 saturated carbocycles. The molecule has 1 saturated heterocycles. The highest BCUT2D eigenvalue weighted by Crippen LogP contribution is 2.23. The minimum absolute atomic E-state index is 0.297. The van der Waals surface area contributed by atoms with Crippen molar-refractivity contribution in [3.05, 3.63) is 18.2 Å². The van der Waals surface area contributed by atoms with E-state index in [2.05, 4.69) is 28.7 Å². The molecule has 84 valence electrons. The van der Waals surface area contributed by atoms with Crippen molar-refractivity contribution >= 4 is 0 Å². The Morgan fingerprint density at radius 2 is 2.47 bits per heavy atom. The van der Waals surface area contributed by atoms with Crippen LogP contribution in [-0.2, 0) is 13.0 Å². The zero-order chi connectivity index (χ0) is 10.7. The third kappa shape index (κ3) is 2.40. The molecule has 0 aliphatic carbocycles. The first-order chi connectivity index (χ1) is 7.23. The van der Waals surface area contributed by atoms with Gasteiger partial charge in [0.25, 0.3) is 0 Å². The quantitative estimate of drug-likeness (QED) is 0.818. The lowest BCUT2D eigenvalue weighted by atomic mass is 9.94. The molecule has 1 aliphatic rings. The molecule has 2 rings (SSSR count). The maximum Gasteiger partial charge on any atom is 0.0948 e. The topological polar surface area (TPSA) is 29.9 Å². The first-order valence-corrected chi connectivity index (χ1v) is 5.97. The van der Waals surface area contributed by atoms with Crippen molar-refractivity contribution in [1.82, 2.24) is 14.9 Å². The van der Waals surface area contributed by atoms with Crippen LogP contribution in [0.5, 0.6) is 0 Å². The number of hydrogen-bond donors (Lipinski definition) is 1. The summed E-state index contributed by atoms with van der Waals surface area (Å²) in [5, 5.41) is 3.60. The average molecular weight is 207 g/mol. The van der Waals surface area contributed by atoms with Gasteiger partial charge in [-0.1, -0.05) is 6.92 Å². The van der Waals surface area contributed by atoms with Crippen molar-refractivity contribution in [3.63, 3.8) is 0 Å². The molecular weight excluding hydrogens is 186 g/mol. The predicted molar refractivity (Wildman–Crippen MR) is 61.9 cm³/mol. The van der Waals surface area contributed by atoms with E-state index in [4.69, 9.17) is 0 Å². The maximum atomic E-state index is 4.25. The lowest BCUT2D eigenvalue weighted by Gasteiger charge is -2.24. The second-order valence-corrected chi connectivity index (χ2v) is 4.85. The van der Waals surface area contributed by atoms with Gasteiger partial charge in [0, 0.05) is 30.4 Å². The van der Waals surface area contributed by atoms with E-state index in [1.165, 1.54) is 31.5 Å². The summed E-state index contributed by atoms with van der Waals surface area (Å²) in [5.41, 5.74) is 1.67. The van der Waals surface area contributed by atoms with Gasteiger partial charge in [-0.25, -0.2) is 4.98 Å². The van der Waals surface area contributed by atoms with Gasteiger partial charge in [-0.3, -0.25) is 0 Å². The highest BCUT2D eigenvalue weighted by molar-refractivity contribution is 5.06. The summed E-state index contributed by atoms with van der Waals surface area (Å²) in [6, 6.07) is 0. The van der Waals surface area contributed by atoms with Gasteiger partial charge in [-0.2, -0.15) is 0 Å². The molecule has 1 aliphatic heterocycles. The van der Waals surface area contributed by atoms with E-state index in [-0.39, 0.29) is 0 Å². The van der Waals surface area contributed by atoms with Crippen LogP contribution in [0.3, 0.4) is 0 Å². The molecule has 3 nitrogen and oxygen atoms in total. The first-order valence-electron chi connectivity index (χ1n) is 5.97. The monoisotopic (exact) mass is 207 g/mol. The second kappa shape index (κ2) is 4.35. The van der Waals surface area contributed by atoms with Crippen LogP contribution in [0, 0.1) is 0 Å². The molecule has 0 spiro atoms. The third-order valence-electron chi connectivity index (χ3n) is 3.29. The number of imidazole rings is 1. The number of aromatic nitrogens is 2. The summed E-state index contributed by atoms with van der Waals surface area (Å²) in [4.78, 5) is 4.25. The zero-order valence-corrected chi connectivity index (χ0v) is 9.79. The molecule has 1 fully saturated rings. The molecule has 1 aromatic rings. The fourth-order valence-corrected chi connectivity index (χ4v) is 2.45. The van der Waals surface area contributed by atoms with Gasteiger partial charge in [-0.15, -0.1) is 0 Å². The predicted octanol–water partition coefficient (Wildman–Crippen LogP) is 1.98. The van der Waals surface area contributed by atoms with Crippen LogP contribution in [0.15, 0.2) is 12.5 Å². The molecular formula is C12H21N3. The molecule has 0 amide bonds. The van der Waals surface area contributed by atoms with Gasteiger partial charge in [-0.05, 0) is 32.7 Å². The van der Waals surface area contributed by atoms with Crippen LogP contribution >= 0.6 is 0 Å². The molecule has 0 bridgehead atoms. The van der Waals surface area contributed by atoms with Crippen LogP contribution in [0.1, 0.15) is 38.8 Å². The van der Waals surface area contributed by atoms with E-state index in [1.807, 2.05) is 12.5 Å². The van der Waals surface area contributed by atoms with Crippen molar-refractivity contribution in [2.75, 3.05) is 6.54 Å². The zero-order valence-electron chi connectivity index (χ0n) is 9.79. The van der Waals surface area contributed by atoms with E-state index in [9.17, 15) is 0 Å². The molecule has 1 atom stereocenters. The first kappa shape index (κ1) is 10.7. The molecule has 1 N–H and O–H groups in total. The minimum Gasteiger partial charge on any atom is -0.335 e. The third-order valence-corrected chi connectivity index (χ3v) is 3.29. The number of hydrogen-bond acceptors (Lipinski definition) is 2. The Bertz CT molecular complexity index is 310. The number of nitrogens with one attached hydrogen (secondary N) is 1. The van der Waals surface area contributed by atoms with E-state index >= 15 is 0 Å². The smallest absolute Gasteiger partial charge is 0.0948 e. The van der Waals surface area contributed by atoms with Gasteiger partial charge in [0.15, 0.2) is 0 Å². The SMILES string of the molecule is CCCn1cncc1CC1(C)CCCN1. The fourth-order valence-electron chi connectivity index (χ4n) is 2.45. The molecule has 1 unspecified atom stereocenters. The van der Waals surface area contributed by atoms with E-state index in [0.717, 1.165) is 13.0 Å². The van der Waals surface area contributed by atoms with Gasteiger partial charge in [0.05, 0.1) is 6.33 Å². The Hall–Kier alpha value is -0.830. The fraction of sp³-hybridized carbons (Fsp3) is 0.750. The van der Waals surface area contributed by atoms with Crippen molar-refractivity contribution in [3.8, 4) is 0 Å². The normalized spacial score (nSPS) is 26.0. The molecule has 15 heavy (non-hydrogen) atoms. The summed E-state index contributed by atoms with van der Waals surface area (Å²) in [6.45, 7) is 6.78. The standard InChI is InChI=1S/C12H21N3/c1-3-7-15-10-13-9-11(15)8-12(2)5-4-6-14-12/h9-10,14H,3-8H2,1-2H3. The summed E-state index contributed by atoms with van der Waals surface area (Å²) in [5.74, 6) is 0. The van der Waals surface area contributed by atoms with Crippen LogP contribution in [-0.4, -0.2) is 21.6 Å². The van der Waals surface area contributed by atoms with E-state index in [1.54, 1.807) is 0 Å². The van der Waals surface area contributed by atoms with Gasteiger partial charge in [0.2, 0.25) is 0 Å². The minimum atomic E-state index is 0.297. The highest BCUT2D eigenvalue weighted by Gasteiger charge is 2.29. The van der Waals surface area contributed by atoms with E-state index < -0.39 is 0 Å². The largest absolute Gasteiger partial charge is 0.335 e. The second-order valence-electron chi connectivity index (χ2n) is 4.85. The Morgan fingerprint density at radius 3 is 3.13 bits per heavy atom. The lowest BCUT2D eigenvalue weighted by molar-refractivity contribution is 0.400. The summed E-state index contributed by atoms with van der Waals surface area (Å²) in [6.07, 6.45) is 8.83. The van der Waals surface area contributed by atoms with Crippen LogP contribution in [0.25, 0.3) is 0 Å². The Morgan fingerprint density at radius 1 is 1.60 bits per heavy atom. The maximum absolute atomic E-state index is 4.25. The van der Waals surface area contributed by atoms with Crippen molar-refractivity contribution in [2.45, 2.75) is 51.6 Å². The highest BCUT2D eigenvalue weighted by atomic mass is 15.1. The number of aryl methyl sites for hydroxylation is 1. The Kier molecular flexibility index (Phi) is 3.10. The summed E-state index contributed by atoms with van der Waals surface area (Å²) in [7, 11) is 0. The van der Waals surface area contributed by atoms with Crippen LogP contribution < -0.4 is 5.32 Å². The molecule has 2 heterocycles. The van der Waals surface area contributed by atoms with Crippen molar-refractivity contribution in [2.24, 2.45) is 0 Å². The van der Waals surface area contributed by atoms with Gasteiger partial charge in [0.1, 0.15) is 0 Å². The van der Waals surface area contributed by atoms with Crippen molar-refractivity contribution in [1.29, 1.82) is 0 Å². The molecule has 3 heteroatoms. The van der Waals surface area contributed by atoms with Crippen molar-refractivity contribution < 1.29 is 0 Å². The number of rotatable bonds is 4. The summed E-state index contributed by atoms with van der Waals surface area (Å²) < 4.78 is 2.28. The Balaban J connectivity index is 2.06. The van der Waals surface area contributed by atoms with Crippen LogP contribution in [0.2, 0.25) is 0 Å². The summed E-state index contributed by atoms with van der Waals surface area (Å²) >= 11 is 0. The molecule has 0 aromatic carbocycles. The van der Waals surface area contributed by atoms with E-state index in [0.29, 0.717) is 5.54 Å². The number of nitrogens with zero attached hydrogens (tertiary/aromatic N) is 2. The Labute approximate surface area is 91.9 Å². The molecule has 1 aromatic heterocycles. The van der Waals surface area contributed by atoms with Crippen LogP contribution in [0.4, 0.5) is 0 Å².